The maximum atomic E-state index is 11.9. The first kappa shape index (κ1) is 16.7. The lowest BCUT2D eigenvalue weighted by Crippen LogP contribution is -2.18. The van der Waals surface area contributed by atoms with Gasteiger partial charge in [0.15, 0.2) is 0 Å². The highest BCUT2D eigenvalue weighted by Gasteiger charge is 2.06. The first-order chi connectivity index (χ1) is 11.0. The van der Waals surface area contributed by atoms with Crippen LogP contribution in [0.1, 0.15) is 17.7 Å². The van der Waals surface area contributed by atoms with Crippen molar-refractivity contribution in [3.63, 3.8) is 0 Å². The van der Waals surface area contributed by atoms with E-state index >= 15 is 0 Å². The van der Waals surface area contributed by atoms with Gasteiger partial charge < -0.3 is 15.2 Å². The number of rotatable bonds is 8. The van der Waals surface area contributed by atoms with Crippen molar-refractivity contribution >= 4 is 17.6 Å². The van der Waals surface area contributed by atoms with Gasteiger partial charge in [0.1, 0.15) is 6.61 Å². The highest BCUT2D eigenvalue weighted by atomic mass is 16.5. The predicted molar refractivity (Wildman–Crippen MR) is 83.9 cm³/mol. The number of nitrogens with zero attached hydrogens (tertiary/aromatic N) is 2. The lowest BCUT2D eigenvalue weighted by molar-refractivity contribution is -0.137. The summed E-state index contributed by atoms with van der Waals surface area (Å²) >= 11 is 0. The second-order valence-electron chi connectivity index (χ2n) is 5.08. The molecule has 7 nitrogen and oxygen atoms in total. The standard InChI is InChI=1S/C16H19N3O4/c1-19-14(7-8-17-19)10-23-11-15(20)18-13-4-2-3-12(9-13)5-6-16(21)22/h2-4,7-9H,5-6,10-11H2,1H3,(H,18,20)(H,21,22). The molecule has 0 aliphatic rings. The number of hydrogen-bond acceptors (Lipinski definition) is 4. The van der Waals surface area contributed by atoms with Crippen LogP contribution in [0.15, 0.2) is 36.5 Å². The molecule has 1 aromatic heterocycles. The monoisotopic (exact) mass is 317 g/mol. The van der Waals surface area contributed by atoms with E-state index in [1.807, 2.05) is 12.1 Å². The molecule has 0 spiro atoms. The van der Waals surface area contributed by atoms with Crippen molar-refractivity contribution in [1.29, 1.82) is 0 Å². The first-order valence-electron chi connectivity index (χ1n) is 7.20. The van der Waals surface area contributed by atoms with Gasteiger partial charge in [-0.05, 0) is 30.2 Å². The first-order valence-corrected chi connectivity index (χ1v) is 7.20. The topological polar surface area (TPSA) is 93.5 Å². The third kappa shape index (κ3) is 5.55. The number of carboxylic acid groups (broad SMARTS) is 1. The van der Waals surface area contributed by atoms with Gasteiger partial charge >= 0.3 is 5.97 Å². The number of carbonyl (C=O) groups is 2. The van der Waals surface area contributed by atoms with E-state index in [0.717, 1.165) is 11.3 Å². The fraction of sp³-hybridized carbons (Fsp3) is 0.312. The number of nitrogens with one attached hydrogen (secondary N) is 1. The van der Waals surface area contributed by atoms with Crippen LogP contribution < -0.4 is 5.32 Å². The molecule has 1 heterocycles. The van der Waals surface area contributed by atoms with Crippen molar-refractivity contribution in [3.8, 4) is 0 Å². The summed E-state index contributed by atoms with van der Waals surface area (Å²) in [4.78, 5) is 22.4. The normalized spacial score (nSPS) is 10.5. The molecule has 0 saturated carbocycles. The van der Waals surface area contributed by atoms with Crippen LogP contribution in [-0.4, -0.2) is 33.4 Å². The molecule has 0 aliphatic heterocycles. The lowest BCUT2D eigenvalue weighted by Gasteiger charge is -2.08. The summed E-state index contributed by atoms with van der Waals surface area (Å²) in [6, 6.07) is 8.95. The molecule has 2 rings (SSSR count). The molecule has 2 N–H and O–H groups in total. The molecule has 0 unspecified atom stereocenters. The number of benzene rings is 1. The van der Waals surface area contributed by atoms with Crippen molar-refractivity contribution in [3.05, 3.63) is 47.8 Å². The van der Waals surface area contributed by atoms with Crippen LogP contribution in [-0.2, 0) is 34.4 Å². The van der Waals surface area contributed by atoms with Crippen molar-refractivity contribution in [2.24, 2.45) is 7.05 Å². The fourth-order valence-corrected chi connectivity index (χ4v) is 2.04. The zero-order chi connectivity index (χ0) is 16.7. The van der Waals surface area contributed by atoms with E-state index in [4.69, 9.17) is 9.84 Å². The molecule has 2 aromatic rings. The lowest BCUT2D eigenvalue weighted by atomic mass is 10.1. The number of aryl methyl sites for hydroxylation is 2. The molecule has 122 valence electrons. The summed E-state index contributed by atoms with van der Waals surface area (Å²) in [5, 5.41) is 15.4. The van der Waals surface area contributed by atoms with Crippen LogP contribution >= 0.6 is 0 Å². The molecule has 23 heavy (non-hydrogen) atoms. The van der Waals surface area contributed by atoms with Gasteiger partial charge in [0, 0.05) is 25.4 Å². The van der Waals surface area contributed by atoms with Gasteiger partial charge in [0.05, 0.1) is 12.3 Å². The van der Waals surface area contributed by atoms with Gasteiger partial charge in [-0.3, -0.25) is 14.3 Å². The SMILES string of the molecule is Cn1nccc1COCC(=O)Nc1cccc(CCC(=O)O)c1. The molecular weight excluding hydrogens is 298 g/mol. The van der Waals surface area contributed by atoms with Crippen LogP contribution in [0.3, 0.4) is 0 Å². The summed E-state index contributed by atoms with van der Waals surface area (Å²) in [5.41, 5.74) is 2.37. The maximum absolute atomic E-state index is 11.9. The van der Waals surface area contributed by atoms with Gasteiger partial charge in [0.25, 0.3) is 0 Å². The Morgan fingerprint density at radius 2 is 2.17 bits per heavy atom. The molecule has 1 amide bonds. The summed E-state index contributed by atoms with van der Waals surface area (Å²) in [6.07, 6.45) is 2.16. The Kier molecular flexibility index (Phi) is 5.87. The third-order valence-corrected chi connectivity index (χ3v) is 3.24. The highest BCUT2D eigenvalue weighted by molar-refractivity contribution is 5.91. The average molecular weight is 317 g/mol. The molecule has 0 bridgehead atoms. The molecule has 0 atom stereocenters. The Balaban J connectivity index is 1.79. The molecule has 7 heteroatoms. The minimum atomic E-state index is -0.844. The number of carbonyl (C=O) groups excluding carboxylic acids is 1. The molecular formula is C16H19N3O4. The predicted octanol–water partition coefficient (Wildman–Crippen LogP) is 1.59. The van der Waals surface area contributed by atoms with E-state index < -0.39 is 5.97 Å². The third-order valence-electron chi connectivity index (χ3n) is 3.24. The van der Waals surface area contributed by atoms with Crippen LogP contribution in [0.2, 0.25) is 0 Å². The smallest absolute Gasteiger partial charge is 0.303 e. The van der Waals surface area contributed by atoms with E-state index in [0.29, 0.717) is 18.7 Å². The number of anilines is 1. The number of amides is 1. The molecule has 0 radical (unpaired) electrons. The second kappa shape index (κ2) is 8.09. The van der Waals surface area contributed by atoms with E-state index in [-0.39, 0.29) is 18.9 Å². The number of hydrogen-bond donors (Lipinski definition) is 2. The van der Waals surface area contributed by atoms with Crippen molar-refractivity contribution < 1.29 is 19.4 Å². The Morgan fingerprint density at radius 3 is 2.87 bits per heavy atom. The Labute approximate surface area is 133 Å². The van der Waals surface area contributed by atoms with E-state index in [2.05, 4.69) is 10.4 Å². The minimum Gasteiger partial charge on any atom is -0.481 e. The van der Waals surface area contributed by atoms with Crippen molar-refractivity contribution in [1.82, 2.24) is 9.78 Å². The quantitative estimate of drug-likeness (QED) is 0.771. The summed E-state index contributed by atoms with van der Waals surface area (Å²) in [5.74, 6) is -1.11. The molecule has 1 aromatic carbocycles. The summed E-state index contributed by atoms with van der Waals surface area (Å²) < 4.78 is 7.04. The maximum Gasteiger partial charge on any atom is 0.303 e. The molecule has 0 aliphatic carbocycles. The summed E-state index contributed by atoms with van der Waals surface area (Å²) in [7, 11) is 1.81. The van der Waals surface area contributed by atoms with Crippen LogP contribution in [0, 0.1) is 0 Å². The van der Waals surface area contributed by atoms with E-state index in [1.165, 1.54) is 0 Å². The van der Waals surface area contributed by atoms with Crippen LogP contribution in [0.5, 0.6) is 0 Å². The van der Waals surface area contributed by atoms with Crippen LogP contribution in [0.25, 0.3) is 0 Å². The number of aromatic nitrogens is 2. The Morgan fingerprint density at radius 1 is 1.35 bits per heavy atom. The van der Waals surface area contributed by atoms with Gasteiger partial charge in [0.2, 0.25) is 5.91 Å². The largest absolute Gasteiger partial charge is 0.481 e. The highest BCUT2D eigenvalue weighted by Crippen LogP contribution is 2.12. The number of ether oxygens (including phenoxy) is 1. The Bertz CT molecular complexity index is 681. The number of carboxylic acids is 1. The number of aliphatic carboxylic acids is 1. The zero-order valence-electron chi connectivity index (χ0n) is 12.9. The van der Waals surface area contributed by atoms with Crippen LogP contribution in [0.4, 0.5) is 5.69 Å². The second-order valence-corrected chi connectivity index (χ2v) is 5.08. The minimum absolute atomic E-state index is 0.0607. The zero-order valence-corrected chi connectivity index (χ0v) is 12.9. The average Bonchev–Trinajstić information content (AvgIpc) is 2.91. The summed E-state index contributed by atoms with van der Waals surface area (Å²) in [6.45, 7) is 0.243. The van der Waals surface area contributed by atoms with Gasteiger partial charge in [-0.25, -0.2) is 0 Å². The van der Waals surface area contributed by atoms with E-state index in [1.54, 1.807) is 36.1 Å². The fourth-order valence-electron chi connectivity index (χ4n) is 2.04. The van der Waals surface area contributed by atoms with Gasteiger partial charge in [-0.1, -0.05) is 12.1 Å². The molecule has 0 fully saturated rings. The molecule has 0 saturated heterocycles. The van der Waals surface area contributed by atoms with Crippen molar-refractivity contribution in [2.45, 2.75) is 19.4 Å². The van der Waals surface area contributed by atoms with Gasteiger partial charge in [-0.2, -0.15) is 5.10 Å². The van der Waals surface area contributed by atoms with Gasteiger partial charge in [-0.15, -0.1) is 0 Å². The Hall–Kier alpha value is -2.67. The van der Waals surface area contributed by atoms with E-state index in [9.17, 15) is 9.59 Å². The van der Waals surface area contributed by atoms with Crippen molar-refractivity contribution in [2.75, 3.05) is 11.9 Å².